The molecule has 0 amide bonds. The molecular weight excluding hydrogens is 371 g/mol. The van der Waals surface area contributed by atoms with Crippen molar-refractivity contribution in [2.45, 2.75) is 18.9 Å². The summed E-state index contributed by atoms with van der Waals surface area (Å²) in [6, 6.07) is 7.73. The number of hydrogen-bond donors (Lipinski definition) is 0. The molecular formula is C12H9Br2ClO2. The van der Waals surface area contributed by atoms with E-state index in [2.05, 4.69) is 31.9 Å². The molecule has 0 bridgehead atoms. The highest BCUT2D eigenvalue weighted by Gasteiger charge is 2.29. The van der Waals surface area contributed by atoms with Crippen LogP contribution < -0.4 is 0 Å². The van der Waals surface area contributed by atoms with Crippen LogP contribution in [0.1, 0.15) is 18.4 Å². The zero-order valence-corrected chi connectivity index (χ0v) is 12.7. The number of ether oxygens (including phenoxy) is 1. The number of carbonyl (C=O) groups excluding carboxylic acids is 1. The minimum absolute atomic E-state index is 0.0407. The summed E-state index contributed by atoms with van der Waals surface area (Å²) in [6.45, 7) is 0. The van der Waals surface area contributed by atoms with Crippen LogP contribution >= 0.6 is 43.5 Å². The van der Waals surface area contributed by atoms with Crippen LogP contribution in [0.4, 0.5) is 0 Å². The molecule has 1 saturated heterocycles. The van der Waals surface area contributed by atoms with Crippen LogP contribution in [0.3, 0.4) is 0 Å². The Kier molecular flexibility index (Phi) is 4.28. The van der Waals surface area contributed by atoms with Gasteiger partial charge in [-0.05, 0) is 17.7 Å². The van der Waals surface area contributed by atoms with Gasteiger partial charge in [-0.1, -0.05) is 55.6 Å². The smallest absolute Gasteiger partial charge is 0.309 e. The third kappa shape index (κ3) is 3.33. The highest BCUT2D eigenvalue weighted by Crippen LogP contribution is 2.33. The first-order valence-corrected chi connectivity index (χ1v) is 7.02. The lowest BCUT2D eigenvalue weighted by Gasteiger charge is -2.25. The van der Waals surface area contributed by atoms with E-state index < -0.39 is 0 Å². The van der Waals surface area contributed by atoms with Gasteiger partial charge in [0.15, 0.2) is 0 Å². The van der Waals surface area contributed by atoms with Crippen LogP contribution in [0, 0.1) is 0 Å². The third-order valence-corrected chi connectivity index (χ3v) is 4.36. The van der Waals surface area contributed by atoms with Crippen LogP contribution in [0.5, 0.6) is 0 Å². The maximum atomic E-state index is 10.7. The van der Waals surface area contributed by atoms with Crippen molar-refractivity contribution in [3.8, 4) is 0 Å². The number of halogens is 3. The molecule has 0 aliphatic carbocycles. The van der Waals surface area contributed by atoms with E-state index in [1.807, 2.05) is 24.3 Å². The van der Waals surface area contributed by atoms with Crippen molar-refractivity contribution in [1.82, 2.24) is 0 Å². The Morgan fingerprint density at radius 2 is 2.00 bits per heavy atom. The van der Waals surface area contributed by atoms with Crippen molar-refractivity contribution >= 4 is 54.5 Å². The molecule has 1 heterocycles. The fourth-order valence-corrected chi connectivity index (χ4v) is 2.58. The quantitative estimate of drug-likeness (QED) is 0.724. The van der Waals surface area contributed by atoms with Crippen molar-refractivity contribution in [1.29, 1.82) is 0 Å². The number of rotatable bonds is 3. The average Bonchev–Trinajstić information content (AvgIpc) is 2.27. The van der Waals surface area contributed by atoms with Gasteiger partial charge in [0, 0.05) is 15.4 Å². The van der Waals surface area contributed by atoms with Gasteiger partial charge in [0.2, 0.25) is 0 Å². The van der Waals surface area contributed by atoms with Crippen LogP contribution in [0.25, 0.3) is 5.03 Å². The van der Waals surface area contributed by atoms with Gasteiger partial charge in [-0.15, -0.1) is 0 Å². The molecule has 1 aromatic carbocycles. The molecule has 5 heteroatoms. The SMILES string of the molecule is O=C1CC(C/C(Br)=C(/Cl)c2ccc(Br)cc2)O1. The van der Waals surface area contributed by atoms with E-state index in [1.165, 1.54) is 0 Å². The van der Waals surface area contributed by atoms with Crippen LogP contribution in [0.2, 0.25) is 0 Å². The maximum absolute atomic E-state index is 10.7. The van der Waals surface area contributed by atoms with E-state index in [4.69, 9.17) is 16.3 Å². The first kappa shape index (κ1) is 13.1. The summed E-state index contributed by atoms with van der Waals surface area (Å²) in [4.78, 5) is 10.7. The van der Waals surface area contributed by atoms with Crippen molar-refractivity contribution in [3.05, 3.63) is 38.8 Å². The lowest BCUT2D eigenvalue weighted by molar-refractivity contribution is -0.168. The lowest BCUT2D eigenvalue weighted by atomic mass is 10.1. The van der Waals surface area contributed by atoms with Crippen molar-refractivity contribution in [2.75, 3.05) is 0 Å². The summed E-state index contributed by atoms with van der Waals surface area (Å²) in [5.74, 6) is -0.143. The fraction of sp³-hybridized carbons (Fsp3) is 0.250. The molecule has 0 aromatic heterocycles. The van der Waals surface area contributed by atoms with Gasteiger partial charge in [0.05, 0.1) is 11.5 Å². The Bertz CT molecular complexity index is 460. The largest absolute Gasteiger partial charge is 0.461 e. The van der Waals surface area contributed by atoms with E-state index in [0.717, 1.165) is 14.5 Å². The molecule has 1 atom stereocenters. The third-order valence-electron chi connectivity index (χ3n) is 2.44. The molecule has 1 aliphatic rings. The van der Waals surface area contributed by atoms with Crippen molar-refractivity contribution in [3.63, 3.8) is 0 Å². The number of cyclic esters (lactones) is 1. The van der Waals surface area contributed by atoms with E-state index in [-0.39, 0.29) is 12.1 Å². The molecule has 1 unspecified atom stereocenters. The highest BCUT2D eigenvalue weighted by molar-refractivity contribution is 9.11. The highest BCUT2D eigenvalue weighted by atomic mass is 79.9. The zero-order chi connectivity index (χ0) is 12.4. The minimum atomic E-state index is -0.143. The molecule has 0 spiro atoms. The van der Waals surface area contributed by atoms with Gasteiger partial charge >= 0.3 is 5.97 Å². The Labute approximate surface area is 121 Å². The van der Waals surface area contributed by atoms with Gasteiger partial charge < -0.3 is 4.74 Å². The second-order valence-corrected chi connectivity index (χ2v) is 6.00. The Hall–Kier alpha value is -0.320. The lowest BCUT2D eigenvalue weighted by Crippen LogP contribution is -2.32. The van der Waals surface area contributed by atoms with Crippen LogP contribution in [-0.4, -0.2) is 12.1 Å². The normalized spacial score (nSPS) is 20.4. The van der Waals surface area contributed by atoms with Crippen molar-refractivity contribution < 1.29 is 9.53 Å². The summed E-state index contributed by atoms with van der Waals surface area (Å²) in [5, 5.41) is 0.653. The number of hydrogen-bond acceptors (Lipinski definition) is 2. The van der Waals surface area contributed by atoms with Gasteiger partial charge in [-0.2, -0.15) is 0 Å². The Morgan fingerprint density at radius 1 is 1.41 bits per heavy atom. The van der Waals surface area contributed by atoms with E-state index in [1.54, 1.807) is 0 Å². The molecule has 1 fully saturated rings. The minimum Gasteiger partial charge on any atom is -0.461 e. The first-order chi connectivity index (χ1) is 8.06. The molecule has 2 nitrogen and oxygen atoms in total. The topological polar surface area (TPSA) is 26.3 Å². The predicted molar refractivity (Wildman–Crippen MR) is 75.0 cm³/mol. The number of benzene rings is 1. The van der Waals surface area contributed by atoms with E-state index in [0.29, 0.717) is 17.9 Å². The molecule has 0 saturated carbocycles. The summed E-state index contributed by atoms with van der Waals surface area (Å²) >= 11 is 13.1. The fourth-order valence-electron chi connectivity index (χ4n) is 1.52. The van der Waals surface area contributed by atoms with Gasteiger partial charge in [0.1, 0.15) is 6.10 Å². The number of esters is 1. The Balaban J connectivity index is 2.08. The average molecular weight is 380 g/mol. The number of carbonyl (C=O) groups is 1. The summed E-state index contributed by atoms with van der Waals surface area (Å²) in [7, 11) is 0. The molecule has 90 valence electrons. The second kappa shape index (κ2) is 5.55. The summed E-state index contributed by atoms with van der Waals surface area (Å²) in [6.07, 6.45) is 1.06. The van der Waals surface area contributed by atoms with Crippen LogP contribution in [0.15, 0.2) is 33.2 Å². The standard InChI is InChI=1S/C12H9Br2ClO2/c13-8-3-1-7(2-4-8)12(15)10(14)5-9-6-11(16)17-9/h1-4,9H,5-6H2/b12-10-. The monoisotopic (exact) mass is 378 g/mol. The Morgan fingerprint density at radius 3 is 2.53 bits per heavy atom. The van der Waals surface area contributed by atoms with Gasteiger partial charge in [-0.3, -0.25) is 4.79 Å². The molecule has 2 rings (SSSR count). The molecule has 0 radical (unpaired) electrons. The van der Waals surface area contributed by atoms with E-state index >= 15 is 0 Å². The van der Waals surface area contributed by atoms with Gasteiger partial charge in [0.25, 0.3) is 0 Å². The maximum Gasteiger partial charge on any atom is 0.309 e. The molecule has 1 aromatic rings. The predicted octanol–water partition coefficient (Wildman–Crippen LogP) is 4.46. The summed E-state index contributed by atoms with van der Waals surface area (Å²) in [5.41, 5.74) is 0.937. The van der Waals surface area contributed by atoms with E-state index in [9.17, 15) is 4.79 Å². The van der Waals surface area contributed by atoms with Crippen LogP contribution in [-0.2, 0) is 9.53 Å². The summed E-state index contributed by atoms with van der Waals surface area (Å²) < 4.78 is 6.81. The molecule has 0 N–H and O–H groups in total. The van der Waals surface area contributed by atoms with Gasteiger partial charge in [-0.25, -0.2) is 0 Å². The molecule has 1 aliphatic heterocycles. The van der Waals surface area contributed by atoms with Crippen molar-refractivity contribution in [2.24, 2.45) is 0 Å². The first-order valence-electron chi connectivity index (χ1n) is 5.06. The zero-order valence-electron chi connectivity index (χ0n) is 8.75. The molecule has 17 heavy (non-hydrogen) atoms. The second-order valence-electron chi connectivity index (χ2n) is 3.75.